The first-order valence-corrected chi connectivity index (χ1v) is 3.55. The van der Waals surface area contributed by atoms with Crippen LogP contribution < -0.4 is 0 Å². The third kappa shape index (κ3) is 2.31. The molecule has 1 aliphatic rings. The van der Waals surface area contributed by atoms with Gasteiger partial charge in [0.05, 0.1) is 19.6 Å². The van der Waals surface area contributed by atoms with Crippen molar-refractivity contribution in [2.45, 2.75) is 6.42 Å². The SMILES string of the molecule is O=[C]CC(=O)N1CCOCC1. The average Bonchev–Trinajstić information content (AvgIpc) is 2.07. The van der Waals surface area contributed by atoms with E-state index in [4.69, 9.17) is 4.74 Å². The molecule has 1 aliphatic heterocycles. The maximum Gasteiger partial charge on any atom is 0.230 e. The predicted octanol–water partition coefficient (Wildman–Crippen LogP) is -0.655. The Hall–Kier alpha value is -0.900. The molecule has 1 amide bonds. The summed E-state index contributed by atoms with van der Waals surface area (Å²) in [5.41, 5.74) is 0. The fourth-order valence-corrected chi connectivity index (χ4v) is 0.986. The topological polar surface area (TPSA) is 46.6 Å². The number of amides is 1. The molecule has 0 saturated carbocycles. The summed E-state index contributed by atoms with van der Waals surface area (Å²) in [7, 11) is 0. The summed E-state index contributed by atoms with van der Waals surface area (Å²) in [6.45, 7) is 2.34. The van der Waals surface area contributed by atoms with Crippen molar-refractivity contribution in [2.24, 2.45) is 0 Å². The van der Waals surface area contributed by atoms with Gasteiger partial charge in [-0.3, -0.25) is 9.59 Å². The predicted molar refractivity (Wildman–Crippen MR) is 37.7 cm³/mol. The monoisotopic (exact) mass is 156 g/mol. The van der Waals surface area contributed by atoms with Crippen LogP contribution in [0.2, 0.25) is 0 Å². The molecule has 0 bridgehead atoms. The maximum atomic E-state index is 11.0. The van der Waals surface area contributed by atoms with Crippen molar-refractivity contribution in [1.29, 1.82) is 0 Å². The second-order valence-corrected chi connectivity index (χ2v) is 2.31. The number of ether oxygens (including phenoxy) is 1. The van der Waals surface area contributed by atoms with E-state index >= 15 is 0 Å². The van der Waals surface area contributed by atoms with E-state index in [-0.39, 0.29) is 12.3 Å². The first-order valence-electron chi connectivity index (χ1n) is 3.55. The van der Waals surface area contributed by atoms with E-state index < -0.39 is 0 Å². The minimum Gasteiger partial charge on any atom is -0.378 e. The Morgan fingerprint density at radius 3 is 2.64 bits per heavy atom. The summed E-state index contributed by atoms with van der Waals surface area (Å²) in [5.74, 6) is -0.150. The van der Waals surface area contributed by atoms with Crippen LogP contribution >= 0.6 is 0 Å². The van der Waals surface area contributed by atoms with Gasteiger partial charge in [-0.2, -0.15) is 0 Å². The summed E-state index contributed by atoms with van der Waals surface area (Å²) < 4.78 is 5.04. The van der Waals surface area contributed by atoms with Gasteiger partial charge in [0, 0.05) is 13.1 Å². The van der Waals surface area contributed by atoms with Gasteiger partial charge < -0.3 is 9.64 Å². The molecule has 0 N–H and O–H groups in total. The molecule has 1 radical (unpaired) electrons. The first kappa shape index (κ1) is 8.20. The maximum absolute atomic E-state index is 11.0. The van der Waals surface area contributed by atoms with Crippen molar-refractivity contribution in [2.75, 3.05) is 26.3 Å². The van der Waals surface area contributed by atoms with Gasteiger partial charge in [0.1, 0.15) is 0 Å². The first-order chi connectivity index (χ1) is 5.34. The number of hydrogen-bond acceptors (Lipinski definition) is 3. The van der Waals surface area contributed by atoms with E-state index in [0.29, 0.717) is 26.3 Å². The van der Waals surface area contributed by atoms with Crippen molar-refractivity contribution in [1.82, 2.24) is 4.90 Å². The number of carbonyl (C=O) groups excluding carboxylic acids is 2. The standard InChI is InChI=1S/C7H10NO3/c9-4-1-7(10)8-2-5-11-6-3-8/h1-3,5-6H2. The molecule has 61 valence electrons. The van der Waals surface area contributed by atoms with Gasteiger partial charge in [-0.1, -0.05) is 0 Å². The van der Waals surface area contributed by atoms with E-state index in [0.717, 1.165) is 0 Å². The Kier molecular flexibility index (Phi) is 3.04. The van der Waals surface area contributed by atoms with Crippen LogP contribution in [0.25, 0.3) is 0 Å². The van der Waals surface area contributed by atoms with Gasteiger partial charge in [0.15, 0.2) is 0 Å². The minimum absolute atomic E-state index is 0.125. The zero-order valence-electron chi connectivity index (χ0n) is 6.21. The summed E-state index contributed by atoms with van der Waals surface area (Å²) in [6.07, 6.45) is 1.46. The Bertz CT molecular complexity index is 152. The lowest BCUT2D eigenvalue weighted by Crippen LogP contribution is -2.40. The molecule has 0 aliphatic carbocycles. The van der Waals surface area contributed by atoms with Crippen LogP contribution in [0, 0.1) is 0 Å². The second-order valence-electron chi connectivity index (χ2n) is 2.31. The highest BCUT2D eigenvalue weighted by Gasteiger charge is 2.15. The molecule has 1 fully saturated rings. The molecule has 1 saturated heterocycles. The molecule has 4 heteroatoms. The van der Waals surface area contributed by atoms with E-state index in [2.05, 4.69) is 0 Å². The quantitative estimate of drug-likeness (QED) is 0.499. The molecule has 0 aromatic heterocycles. The van der Waals surface area contributed by atoms with Gasteiger partial charge in [0.2, 0.25) is 12.2 Å². The lowest BCUT2D eigenvalue weighted by atomic mass is 10.3. The van der Waals surface area contributed by atoms with Gasteiger partial charge in [-0.25, -0.2) is 0 Å². The van der Waals surface area contributed by atoms with Crippen LogP contribution in [0.4, 0.5) is 0 Å². The number of hydrogen-bond donors (Lipinski definition) is 0. The number of carbonyl (C=O) groups is 1. The third-order valence-electron chi connectivity index (χ3n) is 1.59. The number of rotatable bonds is 2. The molecule has 4 nitrogen and oxygen atoms in total. The Morgan fingerprint density at radius 2 is 2.09 bits per heavy atom. The molecule has 0 aromatic carbocycles. The highest BCUT2D eigenvalue weighted by Crippen LogP contribution is 1.98. The molecule has 0 atom stereocenters. The van der Waals surface area contributed by atoms with Crippen molar-refractivity contribution < 1.29 is 14.3 Å². The van der Waals surface area contributed by atoms with E-state index in [1.54, 1.807) is 11.2 Å². The fourth-order valence-electron chi connectivity index (χ4n) is 0.986. The van der Waals surface area contributed by atoms with E-state index in [1.165, 1.54) is 0 Å². The van der Waals surface area contributed by atoms with Crippen LogP contribution in [0.3, 0.4) is 0 Å². The molecule has 0 spiro atoms. The molecular weight excluding hydrogens is 146 g/mol. The lowest BCUT2D eigenvalue weighted by Gasteiger charge is -2.25. The third-order valence-corrected chi connectivity index (χ3v) is 1.59. The van der Waals surface area contributed by atoms with E-state index in [9.17, 15) is 9.59 Å². The molecule has 11 heavy (non-hydrogen) atoms. The van der Waals surface area contributed by atoms with Crippen LogP contribution in [0.1, 0.15) is 6.42 Å². The zero-order valence-corrected chi connectivity index (χ0v) is 6.21. The molecule has 0 unspecified atom stereocenters. The molecular formula is C7H10NO3. The van der Waals surface area contributed by atoms with Crippen molar-refractivity contribution in [3.8, 4) is 0 Å². The van der Waals surface area contributed by atoms with E-state index in [1.807, 2.05) is 0 Å². The molecule has 0 aromatic rings. The van der Waals surface area contributed by atoms with Crippen molar-refractivity contribution >= 4 is 12.2 Å². The van der Waals surface area contributed by atoms with Gasteiger partial charge in [-0.05, 0) is 0 Å². The number of morpholine rings is 1. The van der Waals surface area contributed by atoms with Gasteiger partial charge in [-0.15, -0.1) is 0 Å². The summed E-state index contributed by atoms with van der Waals surface area (Å²) in [6, 6.07) is 0. The summed E-state index contributed by atoms with van der Waals surface area (Å²) in [4.78, 5) is 22.5. The van der Waals surface area contributed by atoms with Crippen LogP contribution in [0.15, 0.2) is 0 Å². The smallest absolute Gasteiger partial charge is 0.230 e. The van der Waals surface area contributed by atoms with Gasteiger partial charge >= 0.3 is 0 Å². The van der Waals surface area contributed by atoms with Crippen LogP contribution in [0.5, 0.6) is 0 Å². The minimum atomic E-state index is -0.150. The Morgan fingerprint density at radius 1 is 1.45 bits per heavy atom. The Labute approximate surface area is 65.1 Å². The number of nitrogens with zero attached hydrogens (tertiary/aromatic N) is 1. The van der Waals surface area contributed by atoms with Crippen molar-refractivity contribution in [3.05, 3.63) is 0 Å². The van der Waals surface area contributed by atoms with Gasteiger partial charge in [0.25, 0.3) is 0 Å². The summed E-state index contributed by atoms with van der Waals surface area (Å²) >= 11 is 0. The average molecular weight is 156 g/mol. The second kappa shape index (κ2) is 4.08. The van der Waals surface area contributed by atoms with Crippen LogP contribution in [-0.4, -0.2) is 43.4 Å². The largest absolute Gasteiger partial charge is 0.378 e. The highest BCUT2D eigenvalue weighted by molar-refractivity contribution is 5.88. The van der Waals surface area contributed by atoms with Crippen LogP contribution in [-0.2, 0) is 14.3 Å². The highest BCUT2D eigenvalue weighted by atomic mass is 16.5. The normalized spacial score (nSPS) is 18.0. The molecule has 1 rings (SSSR count). The zero-order chi connectivity index (χ0) is 8.10. The van der Waals surface area contributed by atoms with Crippen molar-refractivity contribution in [3.63, 3.8) is 0 Å². The summed E-state index contributed by atoms with van der Waals surface area (Å²) in [5, 5.41) is 0. The Balaban J connectivity index is 2.32. The molecule has 1 heterocycles. The lowest BCUT2D eigenvalue weighted by molar-refractivity contribution is -0.133. The fraction of sp³-hybridized carbons (Fsp3) is 0.714.